The molecule has 0 radical (unpaired) electrons. The Morgan fingerprint density at radius 1 is 1.56 bits per heavy atom. The molecule has 1 amide bonds. The highest BCUT2D eigenvalue weighted by molar-refractivity contribution is 5.74. The zero-order valence-electron chi connectivity index (χ0n) is 9.62. The number of aryl methyl sites for hydroxylation is 1. The second-order valence-corrected chi connectivity index (χ2v) is 4.31. The Hall–Kier alpha value is -1.58. The first-order valence-electron chi connectivity index (χ1n) is 5.56. The Morgan fingerprint density at radius 3 is 2.94 bits per heavy atom. The average molecular weight is 220 g/mol. The van der Waals surface area contributed by atoms with Crippen molar-refractivity contribution in [3.8, 4) is 0 Å². The summed E-state index contributed by atoms with van der Waals surface area (Å²) >= 11 is 0. The smallest absolute Gasteiger partial charge is 0.248 e. The van der Waals surface area contributed by atoms with E-state index in [1.807, 2.05) is 11.8 Å². The lowest BCUT2D eigenvalue weighted by molar-refractivity contribution is -0.129. The Labute approximate surface area is 94.3 Å². The molecule has 1 atom stereocenters. The quantitative estimate of drug-likeness (QED) is 0.777. The van der Waals surface area contributed by atoms with Gasteiger partial charge in [-0.1, -0.05) is 0 Å². The zero-order valence-corrected chi connectivity index (χ0v) is 9.62. The van der Waals surface area contributed by atoms with Gasteiger partial charge in [-0.15, -0.1) is 0 Å². The number of carbonyl (C=O) groups is 1. The molecule has 4 heteroatoms. The lowest BCUT2D eigenvalue weighted by Crippen LogP contribution is -2.29. The number of pyridine rings is 1. The summed E-state index contributed by atoms with van der Waals surface area (Å²) in [6, 6.07) is 1.72. The molecule has 0 saturated carbocycles. The van der Waals surface area contributed by atoms with Gasteiger partial charge in [-0.2, -0.15) is 0 Å². The minimum Gasteiger partial charge on any atom is -0.336 e. The molecule has 1 aliphatic heterocycles. The first-order valence-corrected chi connectivity index (χ1v) is 5.56. The topological polar surface area (TPSA) is 53.2 Å². The Bertz CT molecular complexity index is 464. The maximum Gasteiger partial charge on any atom is 0.248 e. The number of rotatable bonds is 1. The molecular weight excluding hydrogens is 204 g/mol. The van der Waals surface area contributed by atoms with Crippen molar-refractivity contribution in [1.29, 1.82) is 0 Å². The lowest BCUT2D eigenvalue weighted by atomic mass is 10.0. The van der Waals surface area contributed by atoms with Crippen molar-refractivity contribution in [3.05, 3.63) is 33.7 Å². The van der Waals surface area contributed by atoms with Gasteiger partial charge in [-0.3, -0.25) is 9.59 Å². The molecule has 1 N–H and O–H groups in total. The number of amides is 1. The van der Waals surface area contributed by atoms with E-state index in [9.17, 15) is 9.59 Å². The molecule has 1 aromatic heterocycles. The van der Waals surface area contributed by atoms with Crippen LogP contribution in [0.5, 0.6) is 0 Å². The number of aromatic nitrogens is 1. The monoisotopic (exact) mass is 220 g/mol. The maximum atomic E-state index is 11.5. The standard InChI is InChI=1S/C12H16N2O2/c1-8-6-12(16)13-7-10(8)11-4-3-5-14(11)9(2)15/h6-7,11H,3-5H2,1-2H3,(H,13,16). The fourth-order valence-corrected chi connectivity index (χ4v) is 2.41. The summed E-state index contributed by atoms with van der Waals surface area (Å²) in [5, 5.41) is 0. The average Bonchev–Trinajstić information content (AvgIpc) is 2.66. The predicted octanol–water partition coefficient (Wildman–Crippen LogP) is 1.37. The minimum atomic E-state index is -0.0892. The van der Waals surface area contributed by atoms with Crippen molar-refractivity contribution in [3.63, 3.8) is 0 Å². The lowest BCUT2D eigenvalue weighted by Gasteiger charge is -2.24. The Kier molecular flexibility index (Phi) is 2.81. The van der Waals surface area contributed by atoms with Crippen LogP contribution in [-0.4, -0.2) is 22.3 Å². The van der Waals surface area contributed by atoms with Gasteiger partial charge in [0.05, 0.1) is 6.04 Å². The fraction of sp³-hybridized carbons (Fsp3) is 0.500. The Morgan fingerprint density at radius 2 is 2.31 bits per heavy atom. The van der Waals surface area contributed by atoms with Crippen LogP contribution in [0.25, 0.3) is 0 Å². The van der Waals surface area contributed by atoms with Crippen LogP contribution in [0.1, 0.15) is 36.9 Å². The number of carbonyl (C=O) groups excluding carboxylic acids is 1. The van der Waals surface area contributed by atoms with Gasteiger partial charge in [0, 0.05) is 25.7 Å². The van der Waals surface area contributed by atoms with E-state index in [-0.39, 0.29) is 17.5 Å². The first kappa shape index (κ1) is 10.9. The van der Waals surface area contributed by atoms with Crippen LogP contribution in [0, 0.1) is 6.92 Å². The summed E-state index contributed by atoms with van der Waals surface area (Å²) in [4.78, 5) is 27.2. The summed E-state index contributed by atoms with van der Waals surface area (Å²) in [6.07, 6.45) is 3.75. The van der Waals surface area contributed by atoms with Crippen LogP contribution < -0.4 is 5.56 Å². The second kappa shape index (κ2) is 4.12. The number of H-pyrrole nitrogens is 1. The van der Waals surface area contributed by atoms with E-state index in [0.717, 1.165) is 30.5 Å². The number of aromatic amines is 1. The molecule has 0 aromatic carbocycles. The van der Waals surface area contributed by atoms with E-state index in [4.69, 9.17) is 0 Å². The van der Waals surface area contributed by atoms with E-state index >= 15 is 0 Å². The van der Waals surface area contributed by atoms with Gasteiger partial charge in [0.15, 0.2) is 0 Å². The summed E-state index contributed by atoms with van der Waals surface area (Å²) in [6.45, 7) is 4.33. The number of nitrogens with zero attached hydrogens (tertiary/aromatic N) is 1. The highest BCUT2D eigenvalue weighted by Crippen LogP contribution is 2.32. The van der Waals surface area contributed by atoms with Gasteiger partial charge in [-0.05, 0) is 30.9 Å². The molecule has 1 aliphatic rings. The second-order valence-electron chi connectivity index (χ2n) is 4.31. The van der Waals surface area contributed by atoms with Gasteiger partial charge in [0.1, 0.15) is 0 Å². The van der Waals surface area contributed by atoms with Crippen molar-refractivity contribution in [2.75, 3.05) is 6.54 Å². The molecule has 86 valence electrons. The normalized spacial score (nSPS) is 20.1. The van der Waals surface area contributed by atoms with E-state index in [2.05, 4.69) is 4.98 Å². The van der Waals surface area contributed by atoms with Gasteiger partial charge in [-0.25, -0.2) is 0 Å². The molecular formula is C12H16N2O2. The fourth-order valence-electron chi connectivity index (χ4n) is 2.41. The van der Waals surface area contributed by atoms with Gasteiger partial charge in [0.25, 0.3) is 0 Å². The third kappa shape index (κ3) is 1.87. The molecule has 16 heavy (non-hydrogen) atoms. The summed E-state index contributed by atoms with van der Waals surface area (Å²) in [5.74, 6) is 0.105. The molecule has 1 aromatic rings. The minimum absolute atomic E-state index is 0.0892. The van der Waals surface area contributed by atoms with Crippen molar-refractivity contribution >= 4 is 5.91 Å². The summed E-state index contributed by atoms with van der Waals surface area (Å²) in [7, 11) is 0. The summed E-state index contributed by atoms with van der Waals surface area (Å²) < 4.78 is 0. The van der Waals surface area contributed by atoms with E-state index < -0.39 is 0 Å². The van der Waals surface area contributed by atoms with Gasteiger partial charge in [0.2, 0.25) is 11.5 Å². The van der Waals surface area contributed by atoms with Crippen molar-refractivity contribution in [2.45, 2.75) is 32.7 Å². The highest BCUT2D eigenvalue weighted by atomic mass is 16.2. The molecule has 0 aliphatic carbocycles. The van der Waals surface area contributed by atoms with Gasteiger partial charge < -0.3 is 9.88 Å². The van der Waals surface area contributed by atoms with E-state index in [1.54, 1.807) is 19.2 Å². The van der Waals surface area contributed by atoms with Crippen molar-refractivity contribution in [1.82, 2.24) is 9.88 Å². The maximum absolute atomic E-state index is 11.5. The highest BCUT2D eigenvalue weighted by Gasteiger charge is 2.28. The molecule has 1 fully saturated rings. The van der Waals surface area contributed by atoms with E-state index in [1.165, 1.54) is 0 Å². The molecule has 0 spiro atoms. The van der Waals surface area contributed by atoms with E-state index in [0.29, 0.717) is 0 Å². The summed E-state index contributed by atoms with van der Waals surface area (Å²) in [5.41, 5.74) is 1.93. The van der Waals surface area contributed by atoms with Gasteiger partial charge >= 0.3 is 0 Å². The number of likely N-dealkylation sites (tertiary alicyclic amines) is 1. The number of nitrogens with one attached hydrogen (secondary N) is 1. The van der Waals surface area contributed by atoms with Crippen LogP contribution >= 0.6 is 0 Å². The third-order valence-electron chi connectivity index (χ3n) is 3.19. The Balaban J connectivity index is 2.36. The molecule has 2 rings (SSSR count). The molecule has 1 unspecified atom stereocenters. The van der Waals surface area contributed by atoms with Crippen LogP contribution in [0.3, 0.4) is 0 Å². The molecule has 0 bridgehead atoms. The zero-order chi connectivity index (χ0) is 11.7. The molecule has 2 heterocycles. The van der Waals surface area contributed by atoms with Crippen molar-refractivity contribution < 1.29 is 4.79 Å². The predicted molar refractivity (Wildman–Crippen MR) is 61.2 cm³/mol. The largest absolute Gasteiger partial charge is 0.336 e. The van der Waals surface area contributed by atoms with Crippen LogP contribution in [-0.2, 0) is 4.79 Å². The van der Waals surface area contributed by atoms with Crippen molar-refractivity contribution in [2.24, 2.45) is 0 Å². The molecule has 4 nitrogen and oxygen atoms in total. The SMILES string of the molecule is CC(=O)N1CCCC1c1c[nH]c(=O)cc1C. The first-order chi connectivity index (χ1) is 7.59. The van der Waals surface area contributed by atoms with Crippen LogP contribution in [0.15, 0.2) is 17.1 Å². The number of hydrogen-bond acceptors (Lipinski definition) is 2. The molecule has 1 saturated heterocycles. The van der Waals surface area contributed by atoms with Crippen LogP contribution in [0.4, 0.5) is 0 Å². The third-order valence-corrected chi connectivity index (χ3v) is 3.19. The number of hydrogen-bond donors (Lipinski definition) is 1. The van der Waals surface area contributed by atoms with Crippen LogP contribution in [0.2, 0.25) is 0 Å².